The van der Waals surface area contributed by atoms with Gasteiger partial charge in [-0.3, -0.25) is 14.6 Å². The molecule has 2 aromatic rings. The molecule has 0 spiro atoms. The second-order valence-electron chi connectivity index (χ2n) is 8.53. The number of amides is 1. The van der Waals surface area contributed by atoms with E-state index in [0.29, 0.717) is 17.9 Å². The van der Waals surface area contributed by atoms with E-state index in [0.717, 1.165) is 56.3 Å². The van der Waals surface area contributed by atoms with E-state index < -0.39 is 17.7 Å². The molecule has 1 amide bonds. The highest BCUT2D eigenvalue weighted by molar-refractivity contribution is 6.46. The number of rotatable bonds is 3. The number of aliphatic hydroxyl groups excluding tert-OH is 1. The Labute approximate surface area is 181 Å². The lowest BCUT2D eigenvalue weighted by atomic mass is 9.92. The number of nitrogens with zero attached hydrogens (tertiary/aromatic N) is 2. The number of aryl methyl sites for hydroxylation is 1. The van der Waals surface area contributed by atoms with Crippen molar-refractivity contribution in [2.45, 2.75) is 57.0 Å². The van der Waals surface area contributed by atoms with Crippen molar-refractivity contribution >= 4 is 17.4 Å². The Bertz CT molecular complexity index is 1040. The van der Waals surface area contributed by atoms with Crippen LogP contribution in [0.15, 0.2) is 48.2 Å². The predicted octanol–water partition coefficient (Wildman–Crippen LogP) is 4.16. The van der Waals surface area contributed by atoms with E-state index in [1.165, 1.54) is 0 Å². The van der Waals surface area contributed by atoms with Gasteiger partial charge in [-0.25, -0.2) is 0 Å². The van der Waals surface area contributed by atoms with Crippen LogP contribution in [-0.2, 0) is 16.0 Å². The molecule has 6 nitrogen and oxygen atoms in total. The van der Waals surface area contributed by atoms with Crippen LogP contribution in [0.25, 0.3) is 5.76 Å². The molecule has 5 rings (SSSR count). The summed E-state index contributed by atoms with van der Waals surface area (Å²) >= 11 is 0. The average Bonchev–Trinajstić information content (AvgIpc) is 3.10. The minimum atomic E-state index is -0.670. The number of Topliss-reactive ketones (excluding diaryl/α,β-unsaturated/α-hetero) is 1. The Morgan fingerprint density at radius 1 is 1.06 bits per heavy atom. The van der Waals surface area contributed by atoms with Crippen molar-refractivity contribution < 1.29 is 19.4 Å². The summed E-state index contributed by atoms with van der Waals surface area (Å²) in [5.41, 5.74) is 2.28. The number of fused-ring (bicyclic) bond motifs is 1. The van der Waals surface area contributed by atoms with Crippen molar-refractivity contribution in [3.05, 3.63) is 65.0 Å². The third-order valence-electron chi connectivity index (χ3n) is 6.60. The first kappa shape index (κ1) is 19.8. The van der Waals surface area contributed by atoms with Crippen molar-refractivity contribution in [2.75, 3.05) is 6.61 Å². The number of aliphatic hydroxyl groups is 1. The zero-order valence-electron chi connectivity index (χ0n) is 17.4. The minimum Gasteiger partial charge on any atom is -0.507 e. The highest BCUT2D eigenvalue weighted by atomic mass is 16.5. The molecule has 3 heterocycles. The van der Waals surface area contributed by atoms with Crippen LogP contribution in [0, 0.1) is 0 Å². The lowest BCUT2D eigenvalue weighted by Gasteiger charge is -2.35. The lowest BCUT2D eigenvalue weighted by molar-refractivity contribution is -0.141. The van der Waals surface area contributed by atoms with Crippen molar-refractivity contribution in [3.63, 3.8) is 0 Å². The number of ether oxygens (including phenoxy) is 1. The Kier molecular flexibility index (Phi) is 5.22. The van der Waals surface area contributed by atoms with Gasteiger partial charge in [0.25, 0.3) is 11.7 Å². The molecule has 160 valence electrons. The number of hydrogen-bond acceptors (Lipinski definition) is 5. The molecular weight excluding hydrogens is 392 g/mol. The quantitative estimate of drug-likeness (QED) is 0.460. The van der Waals surface area contributed by atoms with Gasteiger partial charge in [0.15, 0.2) is 0 Å². The summed E-state index contributed by atoms with van der Waals surface area (Å²) in [6, 6.07) is 10.2. The average molecular weight is 418 g/mol. The third-order valence-corrected chi connectivity index (χ3v) is 6.60. The maximum Gasteiger partial charge on any atom is 0.295 e. The van der Waals surface area contributed by atoms with Gasteiger partial charge >= 0.3 is 0 Å². The van der Waals surface area contributed by atoms with E-state index in [4.69, 9.17) is 4.74 Å². The zero-order chi connectivity index (χ0) is 21.4. The first-order valence-electron chi connectivity index (χ1n) is 11.1. The monoisotopic (exact) mass is 418 g/mol. The van der Waals surface area contributed by atoms with Crippen molar-refractivity contribution in [1.29, 1.82) is 0 Å². The van der Waals surface area contributed by atoms with Gasteiger partial charge in [0.1, 0.15) is 17.6 Å². The minimum absolute atomic E-state index is 0.0144. The second-order valence-corrected chi connectivity index (χ2v) is 8.53. The Hall–Kier alpha value is -3.15. The molecule has 31 heavy (non-hydrogen) atoms. The standard InChI is InChI=1S/C25H26N2O4/c28-23(17-11-12-20-16(15-17)7-6-14-31-20)21-22(19-10-4-5-13-26-19)27(25(30)24(21)29)18-8-2-1-3-9-18/h4-5,10-13,15,18,22,28H,1-3,6-9,14H2/b23-21-. The molecule has 2 aliphatic heterocycles. The van der Waals surface area contributed by atoms with Gasteiger partial charge < -0.3 is 14.7 Å². The molecule has 3 aliphatic rings. The van der Waals surface area contributed by atoms with Gasteiger partial charge in [0, 0.05) is 17.8 Å². The molecule has 0 bridgehead atoms. The van der Waals surface area contributed by atoms with Gasteiger partial charge in [0.2, 0.25) is 0 Å². The summed E-state index contributed by atoms with van der Waals surface area (Å²) in [7, 11) is 0. The van der Waals surface area contributed by atoms with Gasteiger partial charge in [-0.1, -0.05) is 25.3 Å². The van der Waals surface area contributed by atoms with Crippen molar-refractivity contribution in [3.8, 4) is 5.75 Å². The fourth-order valence-corrected chi connectivity index (χ4v) is 5.08. The number of pyridine rings is 1. The normalized spacial score (nSPS) is 23.5. The van der Waals surface area contributed by atoms with Crippen LogP contribution in [0.1, 0.15) is 61.4 Å². The van der Waals surface area contributed by atoms with Crippen molar-refractivity contribution in [2.24, 2.45) is 0 Å². The van der Waals surface area contributed by atoms with Gasteiger partial charge in [-0.2, -0.15) is 0 Å². The summed E-state index contributed by atoms with van der Waals surface area (Å²) in [4.78, 5) is 32.5. The highest BCUT2D eigenvalue weighted by Crippen LogP contribution is 2.42. The van der Waals surface area contributed by atoms with E-state index in [1.54, 1.807) is 23.2 Å². The molecule has 0 radical (unpaired) electrons. The number of carbonyl (C=O) groups is 2. The SMILES string of the molecule is O=C1C(=O)N(C2CCCCC2)C(c2ccccn2)/C1=C(/O)c1ccc2c(c1)CCCO2. The Morgan fingerprint density at radius 2 is 1.90 bits per heavy atom. The number of likely N-dealkylation sites (tertiary alicyclic amines) is 1. The number of aromatic nitrogens is 1. The fourth-order valence-electron chi connectivity index (χ4n) is 5.08. The van der Waals surface area contributed by atoms with Crippen LogP contribution in [0.5, 0.6) is 5.75 Å². The topological polar surface area (TPSA) is 79.7 Å². The fraction of sp³-hybridized carbons (Fsp3) is 0.400. The van der Waals surface area contributed by atoms with Gasteiger partial charge in [-0.05, 0) is 61.6 Å². The molecule has 1 atom stereocenters. The van der Waals surface area contributed by atoms with Crippen LogP contribution in [0.3, 0.4) is 0 Å². The molecule has 1 aromatic carbocycles. The van der Waals surface area contributed by atoms with E-state index in [-0.39, 0.29) is 17.4 Å². The molecule has 1 N–H and O–H groups in total. The number of hydrogen-bond donors (Lipinski definition) is 1. The molecule has 1 aromatic heterocycles. The number of carbonyl (C=O) groups excluding carboxylic acids is 2. The first-order chi connectivity index (χ1) is 15.1. The molecule has 1 saturated heterocycles. The largest absolute Gasteiger partial charge is 0.507 e. The Morgan fingerprint density at radius 3 is 2.68 bits per heavy atom. The lowest BCUT2D eigenvalue weighted by Crippen LogP contribution is -2.40. The highest BCUT2D eigenvalue weighted by Gasteiger charge is 2.49. The third kappa shape index (κ3) is 3.50. The predicted molar refractivity (Wildman–Crippen MR) is 116 cm³/mol. The molecule has 1 aliphatic carbocycles. The van der Waals surface area contributed by atoms with Gasteiger partial charge in [0.05, 0.1) is 17.9 Å². The summed E-state index contributed by atoms with van der Waals surface area (Å²) in [6.45, 7) is 0.685. The Balaban J connectivity index is 1.63. The number of benzene rings is 1. The second kappa shape index (κ2) is 8.17. The molecule has 1 unspecified atom stereocenters. The van der Waals surface area contributed by atoms with E-state index in [2.05, 4.69) is 4.98 Å². The maximum absolute atomic E-state index is 13.2. The first-order valence-corrected chi connectivity index (χ1v) is 11.1. The summed E-state index contributed by atoms with van der Waals surface area (Å²) < 4.78 is 5.67. The summed E-state index contributed by atoms with van der Waals surface area (Å²) in [5, 5.41) is 11.3. The van der Waals surface area contributed by atoms with Crippen LogP contribution < -0.4 is 4.74 Å². The molecule has 1 saturated carbocycles. The zero-order valence-corrected chi connectivity index (χ0v) is 17.4. The van der Waals surface area contributed by atoms with E-state index in [9.17, 15) is 14.7 Å². The summed E-state index contributed by atoms with van der Waals surface area (Å²) in [5.74, 6) is -0.495. The summed E-state index contributed by atoms with van der Waals surface area (Å²) in [6.07, 6.45) is 8.38. The van der Waals surface area contributed by atoms with Crippen LogP contribution in [-0.4, -0.2) is 39.3 Å². The van der Waals surface area contributed by atoms with Crippen LogP contribution >= 0.6 is 0 Å². The smallest absolute Gasteiger partial charge is 0.295 e. The van der Waals surface area contributed by atoms with E-state index >= 15 is 0 Å². The molecule has 2 fully saturated rings. The van der Waals surface area contributed by atoms with E-state index in [1.807, 2.05) is 24.3 Å². The van der Waals surface area contributed by atoms with Crippen LogP contribution in [0.4, 0.5) is 0 Å². The van der Waals surface area contributed by atoms with Gasteiger partial charge in [-0.15, -0.1) is 0 Å². The molecule has 6 heteroatoms. The maximum atomic E-state index is 13.2. The van der Waals surface area contributed by atoms with Crippen LogP contribution in [0.2, 0.25) is 0 Å². The number of ketones is 1. The molecular formula is C25H26N2O4. The van der Waals surface area contributed by atoms with Crippen molar-refractivity contribution in [1.82, 2.24) is 9.88 Å².